The van der Waals surface area contributed by atoms with Crippen molar-refractivity contribution in [2.24, 2.45) is 11.8 Å². The van der Waals surface area contributed by atoms with Gasteiger partial charge in [-0.25, -0.2) is 0 Å². The van der Waals surface area contributed by atoms with Gasteiger partial charge in [-0.05, 0) is 11.1 Å². The van der Waals surface area contributed by atoms with Crippen LogP contribution in [0.5, 0.6) is 0 Å². The van der Waals surface area contributed by atoms with Crippen LogP contribution in [0.25, 0.3) is 0 Å². The number of benzene rings is 2. The molecule has 6 heteroatoms. The second-order valence-electron chi connectivity index (χ2n) is 9.70. The van der Waals surface area contributed by atoms with Gasteiger partial charge in [-0.15, -0.1) is 0 Å². The third kappa shape index (κ3) is 5.08. The second kappa shape index (κ2) is 10.1. The number of nitrogens with zero attached hydrogens (tertiary/aromatic N) is 4. The van der Waals surface area contributed by atoms with Gasteiger partial charge in [-0.3, -0.25) is 19.4 Å². The van der Waals surface area contributed by atoms with Gasteiger partial charge in [0.05, 0.1) is 11.8 Å². The third-order valence-electron chi connectivity index (χ3n) is 7.42. The van der Waals surface area contributed by atoms with E-state index in [1.165, 1.54) is 11.1 Å². The van der Waals surface area contributed by atoms with Crippen LogP contribution in [0, 0.1) is 11.8 Å². The molecule has 0 N–H and O–H groups in total. The summed E-state index contributed by atoms with van der Waals surface area (Å²) in [5.74, 6) is -0.470. The Hall–Kier alpha value is -2.96. The fourth-order valence-electron chi connectivity index (χ4n) is 5.25. The number of hydrogen-bond donors (Lipinski definition) is 0. The Kier molecular flexibility index (Phi) is 6.79. The fourth-order valence-corrected chi connectivity index (χ4v) is 5.25. The Bertz CT molecular complexity index is 928. The van der Waals surface area contributed by atoms with Crippen LogP contribution in [-0.4, -0.2) is 83.8 Å². The first-order chi connectivity index (χ1) is 16.6. The van der Waals surface area contributed by atoms with E-state index in [0.717, 1.165) is 44.8 Å². The van der Waals surface area contributed by atoms with Gasteiger partial charge in [0.15, 0.2) is 0 Å². The summed E-state index contributed by atoms with van der Waals surface area (Å²) < 4.78 is 0. The fraction of sp³-hybridized carbons (Fsp3) is 0.429. The minimum absolute atomic E-state index is 0.0884. The van der Waals surface area contributed by atoms with Crippen LogP contribution in [0.1, 0.15) is 11.1 Å². The summed E-state index contributed by atoms with van der Waals surface area (Å²) in [7, 11) is 0. The van der Waals surface area contributed by atoms with Crippen molar-refractivity contribution in [3.63, 3.8) is 0 Å². The molecular formula is C28H34N4O2. The number of carbonyl (C=O) groups excluding carboxylic acids is 2. The quantitative estimate of drug-likeness (QED) is 0.624. The van der Waals surface area contributed by atoms with Crippen LogP contribution >= 0.6 is 0 Å². The first kappa shape index (κ1) is 22.8. The molecule has 1 saturated carbocycles. The van der Waals surface area contributed by atoms with Gasteiger partial charge in [0.2, 0.25) is 11.8 Å². The highest BCUT2D eigenvalue weighted by molar-refractivity contribution is 5.99. The first-order valence-corrected chi connectivity index (χ1v) is 12.4. The topological polar surface area (TPSA) is 47.1 Å². The molecule has 0 radical (unpaired) electrons. The summed E-state index contributed by atoms with van der Waals surface area (Å²) in [6.45, 7) is 12.2. The maximum Gasteiger partial charge on any atom is 0.231 e. The van der Waals surface area contributed by atoms with Crippen molar-refractivity contribution in [3.8, 4) is 0 Å². The minimum Gasteiger partial charge on any atom is -0.340 e. The summed E-state index contributed by atoms with van der Waals surface area (Å²) in [4.78, 5) is 35.0. The number of amides is 2. The molecule has 0 aromatic heterocycles. The molecule has 2 saturated heterocycles. The lowest BCUT2D eigenvalue weighted by atomic mass is 10.1. The zero-order valence-corrected chi connectivity index (χ0v) is 19.8. The van der Waals surface area contributed by atoms with Gasteiger partial charge < -0.3 is 9.80 Å². The van der Waals surface area contributed by atoms with Crippen LogP contribution in [0.4, 0.5) is 0 Å². The van der Waals surface area contributed by atoms with Crippen molar-refractivity contribution in [2.75, 3.05) is 52.4 Å². The molecule has 2 atom stereocenters. The van der Waals surface area contributed by atoms with Gasteiger partial charge in [-0.2, -0.15) is 0 Å². The summed E-state index contributed by atoms with van der Waals surface area (Å²) in [6.07, 6.45) is 0. The van der Waals surface area contributed by atoms with Gasteiger partial charge >= 0.3 is 0 Å². The van der Waals surface area contributed by atoms with Crippen LogP contribution in [0.2, 0.25) is 0 Å². The Morgan fingerprint density at radius 1 is 0.618 bits per heavy atom. The van der Waals surface area contributed by atoms with Crippen molar-refractivity contribution in [1.82, 2.24) is 19.6 Å². The number of piperazine rings is 2. The zero-order valence-electron chi connectivity index (χ0n) is 19.8. The molecule has 5 rings (SSSR count). The van der Waals surface area contributed by atoms with Crippen LogP contribution in [0.15, 0.2) is 72.8 Å². The largest absolute Gasteiger partial charge is 0.340 e. The van der Waals surface area contributed by atoms with E-state index in [2.05, 4.69) is 64.9 Å². The molecule has 2 aromatic carbocycles. The second-order valence-corrected chi connectivity index (χ2v) is 9.70. The van der Waals surface area contributed by atoms with E-state index in [1.807, 2.05) is 21.9 Å². The van der Waals surface area contributed by atoms with E-state index in [4.69, 9.17) is 0 Å². The van der Waals surface area contributed by atoms with Gasteiger partial charge in [0, 0.05) is 65.4 Å². The molecule has 0 bridgehead atoms. The lowest BCUT2D eigenvalue weighted by molar-refractivity contribution is -0.139. The molecule has 2 unspecified atom stereocenters. The van der Waals surface area contributed by atoms with E-state index in [-0.39, 0.29) is 23.7 Å². The minimum atomic E-state index is -0.324. The smallest absolute Gasteiger partial charge is 0.231 e. The van der Waals surface area contributed by atoms with E-state index in [0.29, 0.717) is 26.2 Å². The van der Waals surface area contributed by atoms with Crippen molar-refractivity contribution in [1.29, 1.82) is 0 Å². The number of hydrogen-bond acceptors (Lipinski definition) is 4. The normalized spacial score (nSPS) is 23.7. The molecule has 0 spiro atoms. The van der Waals surface area contributed by atoms with Crippen LogP contribution in [0.3, 0.4) is 0 Å². The molecule has 178 valence electrons. The standard InChI is InChI=1S/C28H34N4O2/c1-22-25(27(33)31-16-12-29(13-17-31)20-23-8-4-2-5-9-23)26(22)28(34)32-18-14-30(15-19-32)21-24-10-6-3-7-11-24/h2-11,25-26H,1,12-21H2. The summed E-state index contributed by atoms with van der Waals surface area (Å²) in [5, 5.41) is 0. The molecule has 1 aliphatic carbocycles. The van der Waals surface area contributed by atoms with Crippen molar-refractivity contribution in [3.05, 3.63) is 83.9 Å². The summed E-state index contributed by atoms with van der Waals surface area (Å²) >= 11 is 0. The Labute approximate surface area is 202 Å². The monoisotopic (exact) mass is 458 g/mol. The molecule has 2 amide bonds. The summed E-state index contributed by atoms with van der Waals surface area (Å²) in [5.41, 5.74) is 3.40. The predicted octanol–water partition coefficient (Wildman–Crippen LogP) is 2.48. The Balaban J connectivity index is 1.08. The van der Waals surface area contributed by atoms with E-state index < -0.39 is 0 Å². The Morgan fingerprint density at radius 2 is 0.971 bits per heavy atom. The molecule has 2 heterocycles. The Morgan fingerprint density at radius 3 is 1.32 bits per heavy atom. The number of rotatable bonds is 6. The molecular weight excluding hydrogens is 424 g/mol. The highest BCUT2D eigenvalue weighted by atomic mass is 16.2. The molecule has 2 aliphatic heterocycles. The van der Waals surface area contributed by atoms with Gasteiger partial charge in [0.25, 0.3) is 0 Å². The average Bonchev–Trinajstić information content (AvgIpc) is 3.56. The van der Waals surface area contributed by atoms with Gasteiger partial charge in [0.1, 0.15) is 0 Å². The van der Waals surface area contributed by atoms with Gasteiger partial charge in [-0.1, -0.05) is 72.8 Å². The number of carbonyl (C=O) groups is 2. The molecule has 34 heavy (non-hydrogen) atoms. The van der Waals surface area contributed by atoms with E-state index >= 15 is 0 Å². The predicted molar refractivity (Wildman–Crippen MR) is 133 cm³/mol. The third-order valence-corrected chi connectivity index (χ3v) is 7.42. The van der Waals surface area contributed by atoms with Crippen molar-refractivity contribution in [2.45, 2.75) is 13.1 Å². The van der Waals surface area contributed by atoms with E-state index in [1.54, 1.807) is 0 Å². The first-order valence-electron chi connectivity index (χ1n) is 12.4. The highest BCUT2D eigenvalue weighted by Gasteiger charge is 2.55. The molecule has 3 fully saturated rings. The maximum absolute atomic E-state index is 13.2. The van der Waals surface area contributed by atoms with Crippen molar-refractivity contribution < 1.29 is 9.59 Å². The van der Waals surface area contributed by atoms with Crippen LogP contribution in [-0.2, 0) is 22.7 Å². The maximum atomic E-state index is 13.2. The highest BCUT2D eigenvalue weighted by Crippen LogP contribution is 2.47. The molecule has 2 aromatic rings. The van der Waals surface area contributed by atoms with Crippen molar-refractivity contribution >= 4 is 11.8 Å². The zero-order chi connectivity index (χ0) is 23.5. The molecule has 3 aliphatic rings. The molecule has 6 nitrogen and oxygen atoms in total. The van der Waals surface area contributed by atoms with E-state index in [9.17, 15) is 9.59 Å². The summed E-state index contributed by atoms with van der Waals surface area (Å²) in [6, 6.07) is 20.9. The average molecular weight is 459 g/mol. The van der Waals surface area contributed by atoms with Crippen LogP contribution < -0.4 is 0 Å². The lowest BCUT2D eigenvalue weighted by Crippen LogP contribution is -2.50. The SMILES string of the molecule is C=C1C(C(=O)N2CCN(Cc3ccccc3)CC2)C1C(=O)N1CCN(Cc2ccccc2)CC1. The lowest BCUT2D eigenvalue weighted by Gasteiger charge is -2.35.